The van der Waals surface area contributed by atoms with Crippen LogP contribution in [0, 0.1) is 5.92 Å². The minimum absolute atomic E-state index is 0.342. The molecule has 1 N–H and O–H groups in total. The predicted molar refractivity (Wildman–Crippen MR) is 60.8 cm³/mol. The molecule has 0 radical (unpaired) electrons. The lowest BCUT2D eigenvalue weighted by Gasteiger charge is -2.27. The van der Waals surface area contributed by atoms with Crippen molar-refractivity contribution in [3.63, 3.8) is 0 Å². The fourth-order valence-electron chi connectivity index (χ4n) is 2.29. The smallest absolute Gasteiger partial charge is 0.0802 e. The van der Waals surface area contributed by atoms with Crippen LogP contribution in [0.4, 0.5) is 0 Å². The van der Waals surface area contributed by atoms with Gasteiger partial charge in [-0.05, 0) is 25.8 Å². The summed E-state index contributed by atoms with van der Waals surface area (Å²) in [6.07, 6.45) is 6.53. The average Bonchev–Trinajstić information content (AvgIpc) is 2.19. The highest BCUT2D eigenvalue weighted by atomic mass is 35.5. The van der Waals surface area contributed by atoms with E-state index in [0.717, 1.165) is 12.5 Å². The third kappa shape index (κ3) is 4.63. The predicted octanol–water partition coefficient (Wildman–Crippen LogP) is 2.10. The third-order valence-corrected chi connectivity index (χ3v) is 3.35. The van der Waals surface area contributed by atoms with Crippen LogP contribution < -0.4 is 0 Å². The van der Waals surface area contributed by atoms with Gasteiger partial charge in [0.15, 0.2) is 0 Å². The summed E-state index contributed by atoms with van der Waals surface area (Å²) in [5, 5.41) is 9.38. The molecule has 0 heterocycles. The maximum Gasteiger partial charge on any atom is 0.0802 e. The zero-order valence-electron chi connectivity index (χ0n) is 9.08. The van der Waals surface area contributed by atoms with Crippen molar-refractivity contribution in [1.82, 2.24) is 4.90 Å². The number of likely N-dealkylation sites (N-methyl/N-ethyl adjacent to an activating group) is 1. The number of nitrogens with zero attached hydrogens (tertiary/aromatic N) is 1. The summed E-state index contributed by atoms with van der Waals surface area (Å²) in [5.74, 6) is 1.19. The Morgan fingerprint density at radius 3 is 2.57 bits per heavy atom. The standard InChI is InChI=1S/C11H22ClNO/c1-13(9-11(14)7-12)8-10-5-3-2-4-6-10/h10-11,14H,2-9H2,1H3. The first-order chi connectivity index (χ1) is 6.72. The SMILES string of the molecule is CN(CC(O)CCl)CC1CCCCC1. The van der Waals surface area contributed by atoms with Gasteiger partial charge in [0.05, 0.1) is 6.10 Å². The van der Waals surface area contributed by atoms with E-state index in [4.69, 9.17) is 11.6 Å². The zero-order valence-corrected chi connectivity index (χ0v) is 9.84. The molecule has 0 aromatic heterocycles. The number of rotatable bonds is 5. The van der Waals surface area contributed by atoms with Crippen LogP contribution >= 0.6 is 11.6 Å². The van der Waals surface area contributed by atoms with Crippen molar-refractivity contribution in [1.29, 1.82) is 0 Å². The highest BCUT2D eigenvalue weighted by Gasteiger charge is 2.16. The second kappa shape index (κ2) is 6.65. The molecule has 1 unspecified atom stereocenters. The summed E-state index contributed by atoms with van der Waals surface area (Å²) < 4.78 is 0. The molecule has 0 saturated heterocycles. The molecule has 1 aliphatic rings. The van der Waals surface area contributed by atoms with Crippen LogP contribution in [0.15, 0.2) is 0 Å². The van der Waals surface area contributed by atoms with Gasteiger partial charge in [-0.15, -0.1) is 11.6 Å². The molecule has 1 aliphatic carbocycles. The maximum absolute atomic E-state index is 9.38. The minimum Gasteiger partial charge on any atom is -0.391 e. The second-order valence-electron chi connectivity index (χ2n) is 4.53. The lowest BCUT2D eigenvalue weighted by Crippen LogP contribution is -2.34. The highest BCUT2D eigenvalue weighted by Crippen LogP contribution is 2.24. The van der Waals surface area contributed by atoms with E-state index >= 15 is 0 Å². The van der Waals surface area contributed by atoms with Crippen molar-refractivity contribution < 1.29 is 5.11 Å². The van der Waals surface area contributed by atoms with Crippen molar-refractivity contribution in [3.8, 4) is 0 Å². The fourth-order valence-corrected chi connectivity index (χ4v) is 2.39. The first kappa shape index (κ1) is 12.3. The summed E-state index contributed by atoms with van der Waals surface area (Å²) in [6, 6.07) is 0. The van der Waals surface area contributed by atoms with Crippen molar-refractivity contribution >= 4 is 11.6 Å². The highest BCUT2D eigenvalue weighted by molar-refractivity contribution is 6.18. The Labute approximate surface area is 92.2 Å². The van der Waals surface area contributed by atoms with Gasteiger partial charge >= 0.3 is 0 Å². The van der Waals surface area contributed by atoms with Crippen LogP contribution in [0.1, 0.15) is 32.1 Å². The second-order valence-corrected chi connectivity index (χ2v) is 4.84. The van der Waals surface area contributed by atoms with E-state index in [9.17, 15) is 5.11 Å². The van der Waals surface area contributed by atoms with Crippen molar-refractivity contribution in [2.24, 2.45) is 5.92 Å². The van der Waals surface area contributed by atoms with Crippen molar-refractivity contribution in [2.45, 2.75) is 38.2 Å². The molecule has 0 bridgehead atoms. The Kier molecular flexibility index (Phi) is 5.83. The number of hydrogen-bond acceptors (Lipinski definition) is 2. The Morgan fingerprint density at radius 1 is 1.36 bits per heavy atom. The molecule has 3 heteroatoms. The van der Waals surface area contributed by atoms with Gasteiger partial charge < -0.3 is 10.0 Å². The minimum atomic E-state index is -0.370. The van der Waals surface area contributed by atoms with Gasteiger partial charge in [0.1, 0.15) is 0 Å². The molecule has 2 nitrogen and oxygen atoms in total. The number of aliphatic hydroxyl groups excluding tert-OH is 1. The molecular weight excluding hydrogens is 198 g/mol. The van der Waals surface area contributed by atoms with Crippen LogP contribution in [0.25, 0.3) is 0 Å². The molecule has 84 valence electrons. The molecule has 1 atom stereocenters. The Hall–Kier alpha value is 0.210. The quantitative estimate of drug-likeness (QED) is 0.716. The van der Waals surface area contributed by atoms with Crippen LogP contribution in [0.3, 0.4) is 0 Å². The van der Waals surface area contributed by atoms with E-state index in [1.54, 1.807) is 0 Å². The van der Waals surface area contributed by atoms with Crippen LogP contribution in [-0.4, -0.2) is 42.1 Å². The molecule has 1 rings (SSSR count). The van der Waals surface area contributed by atoms with Crippen LogP contribution in [0.5, 0.6) is 0 Å². The third-order valence-electron chi connectivity index (χ3n) is 3.00. The molecule has 0 aromatic carbocycles. The van der Waals surface area contributed by atoms with E-state index < -0.39 is 0 Å². The number of hydrogen-bond donors (Lipinski definition) is 1. The summed E-state index contributed by atoms with van der Waals surface area (Å²) in [6.45, 7) is 1.83. The lowest BCUT2D eigenvalue weighted by molar-refractivity contribution is 0.128. The molecule has 0 amide bonds. The maximum atomic E-state index is 9.38. The molecule has 0 spiro atoms. The van der Waals surface area contributed by atoms with Crippen molar-refractivity contribution in [3.05, 3.63) is 0 Å². The van der Waals surface area contributed by atoms with Crippen LogP contribution in [0.2, 0.25) is 0 Å². The van der Waals surface area contributed by atoms with Gasteiger partial charge in [-0.1, -0.05) is 19.3 Å². The fraction of sp³-hybridized carbons (Fsp3) is 1.00. The van der Waals surface area contributed by atoms with E-state index in [1.165, 1.54) is 32.1 Å². The van der Waals surface area contributed by atoms with Gasteiger partial charge in [-0.2, -0.15) is 0 Å². The summed E-state index contributed by atoms with van der Waals surface area (Å²) in [7, 11) is 2.07. The van der Waals surface area contributed by atoms with Crippen molar-refractivity contribution in [2.75, 3.05) is 26.0 Å². The zero-order chi connectivity index (χ0) is 10.4. The van der Waals surface area contributed by atoms with E-state index in [1.807, 2.05) is 0 Å². The molecule has 1 saturated carbocycles. The topological polar surface area (TPSA) is 23.5 Å². The number of alkyl halides is 1. The van der Waals surface area contributed by atoms with Gasteiger partial charge in [-0.25, -0.2) is 0 Å². The molecular formula is C11H22ClNO. The number of aliphatic hydroxyl groups is 1. The average molecular weight is 220 g/mol. The van der Waals surface area contributed by atoms with E-state index in [2.05, 4.69) is 11.9 Å². The summed E-state index contributed by atoms with van der Waals surface area (Å²) in [4.78, 5) is 2.21. The number of halogens is 1. The van der Waals surface area contributed by atoms with Gasteiger partial charge in [0.2, 0.25) is 0 Å². The Balaban J connectivity index is 2.14. The molecule has 14 heavy (non-hydrogen) atoms. The molecule has 1 fully saturated rings. The Bertz CT molecular complexity index is 148. The van der Waals surface area contributed by atoms with Crippen LogP contribution in [-0.2, 0) is 0 Å². The van der Waals surface area contributed by atoms with E-state index in [-0.39, 0.29) is 6.10 Å². The lowest BCUT2D eigenvalue weighted by atomic mass is 9.89. The van der Waals surface area contributed by atoms with E-state index in [0.29, 0.717) is 12.4 Å². The van der Waals surface area contributed by atoms with Gasteiger partial charge in [0, 0.05) is 19.0 Å². The first-order valence-electron chi connectivity index (χ1n) is 5.65. The monoisotopic (exact) mass is 219 g/mol. The summed E-state index contributed by atoms with van der Waals surface area (Å²) in [5.41, 5.74) is 0. The Morgan fingerprint density at radius 2 is 2.00 bits per heavy atom. The molecule has 0 aromatic rings. The normalized spacial score (nSPS) is 21.4. The largest absolute Gasteiger partial charge is 0.391 e. The summed E-state index contributed by atoms with van der Waals surface area (Å²) >= 11 is 5.56. The van der Waals surface area contributed by atoms with Gasteiger partial charge in [-0.3, -0.25) is 0 Å². The molecule has 0 aliphatic heterocycles. The first-order valence-corrected chi connectivity index (χ1v) is 6.18. The van der Waals surface area contributed by atoms with Gasteiger partial charge in [0.25, 0.3) is 0 Å².